The van der Waals surface area contributed by atoms with Gasteiger partial charge in [-0.15, -0.1) is 11.7 Å². The fourth-order valence-electron chi connectivity index (χ4n) is 2.08. The second-order valence-corrected chi connectivity index (χ2v) is 4.63. The summed E-state index contributed by atoms with van der Waals surface area (Å²) in [4.78, 5) is 12.1. The number of fused-ring (bicyclic) bond motifs is 1. The van der Waals surface area contributed by atoms with Crippen molar-refractivity contribution in [1.82, 2.24) is 15.0 Å². The average molecular weight is 257 g/mol. The number of hydrogen-bond acceptors (Lipinski definition) is 3. The molecule has 0 spiro atoms. The van der Waals surface area contributed by atoms with E-state index in [0.29, 0.717) is 6.42 Å². The highest BCUT2D eigenvalue weighted by molar-refractivity contribution is 5.88. The smallest absolute Gasteiger partial charge is 0.248 e. The van der Waals surface area contributed by atoms with Gasteiger partial charge in [-0.2, -0.15) is 4.68 Å². The van der Waals surface area contributed by atoms with Crippen molar-refractivity contribution in [2.24, 2.45) is 0 Å². The van der Waals surface area contributed by atoms with Gasteiger partial charge in [0, 0.05) is 6.42 Å². The van der Waals surface area contributed by atoms with Gasteiger partial charge in [0.2, 0.25) is 5.91 Å². The highest BCUT2D eigenvalue weighted by Gasteiger charge is 2.10. The molecule has 2 rings (SSSR count). The number of aromatic nitrogens is 3. The highest BCUT2D eigenvalue weighted by atomic mass is 16.2. The molecule has 4 nitrogen and oxygen atoms in total. The number of benzene rings is 1. The Balaban J connectivity index is 1.85. The van der Waals surface area contributed by atoms with Crippen LogP contribution in [0, 0.1) is 0 Å². The number of nitrogens with zero attached hydrogens (tertiary/aromatic N) is 3. The fraction of sp³-hybridized carbons (Fsp3) is 0.400. The minimum Gasteiger partial charge on any atom is -0.273 e. The van der Waals surface area contributed by atoms with Crippen LogP contribution in [-0.4, -0.2) is 20.9 Å². The van der Waals surface area contributed by atoms with Crippen LogP contribution in [0.25, 0.3) is 11.0 Å². The molecule has 19 heavy (non-hydrogen) atoms. The molecule has 0 fully saturated rings. The van der Waals surface area contributed by atoms with Gasteiger partial charge >= 0.3 is 0 Å². The zero-order chi connectivity index (χ0) is 13.5. The molecule has 0 aliphatic heterocycles. The Morgan fingerprint density at radius 1 is 1.21 bits per heavy atom. The van der Waals surface area contributed by atoms with E-state index in [1.807, 2.05) is 30.3 Å². The third-order valence-electron chi connectivity index (χ3n) is 3.14. The van der Waals surface area contributed by atoms with E-state index in [2.05, 4.69) is 16.9 Å². The normalized spacial score (nSPS) is 10.7. The van der Waals surface area contributed by atoms with Crippen LogP contribution in [0.2, 0.25) is 0 Å². The molecule has 0 bridgehead atoms. The van der Waals surface area contributed by atoms with Gasteiger partial charge in [0.05, 0.1) is 5.52 Å². The minimum absolute atomic E-state index is 0.0254. The molecule has 4 heteroatoms. The summed E-state index contributed by atoms with van der Waals surface area (Å²) in [7, 11) is 0. The van der Waals surface area contributed by atoms with E-state index in [0.717, 1.165) is 43.1 Å². The minimum atomic E-state index is 0.0254. The van der Waals surface area contributed by atoms with Gasteiger partial charge in [-0.3, -0.25) is 4.79 Å². The summed E-state index contributed by atoms with van der Waals surface area (Å²) in [6.45, 7) is 3.70. The summed E-state index contributed by atoms with van der Waals surface area (Å²) in [6.07, 6.45) is 7.81. The van der Waals surface area contributed by atoms with Crippen LogP contribution in [0.3, 0.4) is 0 Å². The molecule has 0 aliphatic rings. The summed E-state index contributed by atoms with van der Waals surface area (Å²) >= 11 is 0. The first kappa shape index (κ1) is 13.5. The van der Waals surface area contributed by atoms with Gasteiger partial charge in [-0.05, 0) is 31.4 Å². The largest absolute Gasteiger partial charge is 0.273 e. The van der Waals surface area contributed by atoms with Gasteiger partial charge in [-0.1, -0.05) is 36.3 Å². The fourth-order valence-corrected chi connectivity index (χ4v) is 2.08. The second kappa shape index (κ2) is 6.83. The van der Waals surface area contributed by atoms with E-state index in [1.54, 1.807) is 0 Å². The van der Waals surface area contributed by atoms with Gasteiger partial charge < -0.3 is 0 Å². The first-order chi connectivity index (χ1) is 9.33. The Morgan fingerprint density at radius 3 is 2.84 bits per heavy atom. The number of unbranched alkanes of at least 4 members (excludes halogenated alkanes) is 4. The van der Waals surface area contributed by atoms with Gasteiger partial charge in [0.25, 0.3) is 0 Å². The molecule has 0 atom stereocenters. The van der Waals surface area contributed by atoms with Crippen molar-refractivity contribution in [3.8, 4) is 0 Å². The Labute approximate surface area is 113 Å². The maximum Gasteiger partial charge on any atom is 0.248 e. The number of carbonyl (C=O) groups excluding carboxylic acids is 1. The van der Waals surface area contributed by atoms with Gasteiger partial charge in [0.15, 0.2) is 0 Å². The monoisotopic (exact) mass is 257 g/mol. The number of hydrogen-bond donors (Lipinski definition) is 0. The molecule has 0 saturated heterocycles. The van der Waals surface area contributed by atoms with Gasteiger partial charge in [0.1, 0.15) is 5.52 Å². The van der Waals surface area contributed by atoms with Crippen molar-refractivity contribution in [3.63, 3.8) is 0 Å². The van der Waals surface area contributed by atoms with Crippen molar-refractivity contribution in [3.05, 3.63) is 36.9 Å². The third kappa shape index (κ3) is 3.50. The number of rotatable bonds is 7. The van der Waals surface area contributed by atoms with Crippen LogP contribution in [0.5, 0.6) is 0 Å². The van der Waals surface area contributed by atoms with Crippen LogP contribution in [0.4, 0.5) is 0 Å². The molecule has 1 aromatic heterocycles. The molecular formula is C15H19N3O. The summed E-state index contributed by atoms with van der Waals surface area (Å²) in [5, 5.41) is 7.92. The zero-order valence-corrected chi connectivity index (χ0v) is 11.1. The van der Waals surface area contributed by atoms with E-state index < -0.39 is 0 Å². The number of carbonyl (C=O) groups is 1. The number of allylic oxidation sites excluding steroid dienone is 1. The van der Waals surface area contributed by atoms with E-state index in [4.69, 9.17) is 0 Å². The summed E-state index contributed by atoms with van der Waals surface area (Å²) < 4.78 is 1.42. The molecule has 2 aromatic rings. The molecule has 0 radical (unpaired) electrons. The van der Waals surface area contributed by atoms with Crippen LogP contribution in [0.1, 0.15) is 43.3 Å². The highest BCUT2D eigenvalue weighted by Crippen LogP contribution is 2.12. The molecule has 1 heterocycles. The van der Waals surface area contributed by atoms with Crippen LogP contribution in [-0.2, 0) is 0 Å². The molecular weight excluding hydrogens is 238 g/mol. The standard InChI is InChI=1S/C15H19N3O/c1-2-3-4-5-6-7-12-15(19)18-14-11-9-8-10-13(14)16-17-18/h2,8-11H,1,3-7,12H2. The average Bonchev–Trinajstić information content (AvgIpc) is 2.86. The molecule has 0 saturated carbocycles. The molecule has 0 aliphatic carbocycles. The Kier molecular flexibility index (Phi) is 4.84. The van der Waals surface area contributed by atoms with Gasteiger partial charge in [-0.25, -0.2) is 0 Å². The van der Waals surface area contributed by atoms with E-state index in [-0.39, 0.29) is 5.91 Å². The maximum absolute atomic E-state index is 12.1. The first-order valence-corrected chi connectivity index (χ1v) is 6.77. The lowest BCUT2D eigenvalue weighted by Crippen LogP contribution is -2.12. The zero-order valence-electron chi connectivity index (χ0n) is 11.1. The van der Waals surface area contributed by atoms with E-state index in [1.165, 1.54) is 4.68 Å². The second-order valence-electron chi connectivity index (χ2n) is 4.63. The van der Waals surface area contributed by atoms with Crippen molar-refractivity contribution >= 4 is 16.9 Å². The predicted molar refractivity (Wildman–Crippen MR) is 76.1 cm³/mol. The summed E-state index contributed by atoms with van der Waals surface area (Å²) in [5.74, 6) is 0.0254. The van der Waals surface area contributed by atoms with Crippen molar-refractivity contribution in [2.75, 3.05) is 0 Å². The molecule has 1 aromatic carbocycles. The number of para-hydroxylation sites is 1. The van der Waals surface area contributed by atoms with Crippen molar-refractivity contribution in [1.29, 1.82) is 0 Å². The molecule has 0 unspecified atom stereocenters. The summed E-state index contributed by atoms with van der Waals surface area (Å²) in [5.41, 5.74) is 1.56. The summed E-state index contributed by atoms with van der Waals surface area (Å²) in [6, 6.07) is 7.52. The lowest BCUT2D eigenvalue weighted by molar-refractivity contribution is 0.0886. The Hall–Kier alpha value is -1.97. The SMILES string of the molecule is C=CCCCCCCC(=O)n1nnc2ccccc21. The van der Waals surface area contributed by atoms with Crippen molar-refractivity contribution < 1.29 is 4.79 Å². The lowest BCUT2D eigenvalue weighted by atomic mass is 10.1. The molecule has 0 N–H and O–H groups in total. The predicted octanol–water partition coefficient (Wildman–Crippen LogP) is 3.60. The van der Waals surface area contributed by atoms with Crippen LogP contribution >= 0.6 is 0 Å². The first-order valence-electron chi connectivity index (χ1n) is 6.77. The molecule has 0 amide bonds. The Bertz CT molecular complexity index is 559. The topological polar surface area (TPSA) is 47.8 Å². The quantitative estimate of drug-likeness (QED) is 0.562. The van der Waals surface area contributed by atoms with Crippen LogP contribution < -0.4 is 0 Å². The van der Waals surface area contributed by atoms with Crippen LogP contribution in [0.15, 0.2) is 36.9 Å². The van der Waals surface area contributed by atoms with Crippen molar-refractivity contribution in [2.45, 2.75) is 38.5 Å². The maximum atomic E-state index is 12.1. The molecule has 100 valence electrons. The van der Waals surface area contributed by atoms with E-state index in [9.17, 15) is 4.79 Å². The van der Waals surface area contributed by atoms with E-state index >= 15 is 0 Å². The Morgan fingerprint density at radius 2 is 2.00 bits per heavy atom. The third-order valence-corrected chi connectivity index (χ3v) is 3.14. The lowest BCUT2D eigenvalue weighted by Gasteiger charge is -2.01.